The Bertz CT molecular complexity index is 1820. The minimum atomic E-state index is -0.294. The number of imide groups is 1. The van der Waals surface area contributed by atoms with Gasteiger partial charge in [-0.2, -0.15) is 0 Å². The van der Waals surface area contributed by atoms with E-state index in [0.717, 1.165) is 53.6 Å². The number of carbonyl (C=O) groups excluding carboxylic acids is 2. The maximum absolute atomic E-state index is 13.3. The lowest BCUT2D eigenvalue weighted by Gasteiger charge is -2.16. The highest BCUT2D eigenvalue weighted by molar-refractivity contribution is 14.1. The third kappa shape index (κ3) is 5.69. The summed E-state index contributed by atoms with van der Waals surface area (Å²) in [5.74, 6) is 0.958. The van der Waals surface area contributed by atoms with E-state index >= 15 is 0 Å². The van der Waals surface area contributed by atoms with E-state index in [0.29, 0.717) is 29.6 Å². The van der Waals surface area contributed by atoms with Crippen LogP contribution < -0.4 is 9.47 Å². The zero-order valence-electron chi connectivity index (χ0n) is 22.3. The van der Waals surface area contributed by atoms with Crippen molar-refractivity contribution in [3.8, 4) is 11.5 Å². The van der Waals surface area contributed by atoms with Gasteiger partial charge < -0.3 is 9.47 Å². The first-order chi connectivity index (χ1) is 20.0. The topological polar surface area (TPSA) is 55.8 Å². The number of benzene rings is 5. The molecule has 0 saturated carbocycles. The van der Waals surface area contributed by atoms with Gasteiger partial charge in [-0.1, -0.05) is 84.9 Å². The predicted molar refractivity (Wildman–Crippen MR) is 174 cm³/mol. The van der Waals surface area contributed by atoms with Gasteiger partial charge in [-0.3, -0.25) is 14.5 Å². The highest BCUT2D eigenvalue weighted by Gasteiger charge is 2.35. The first-order valence-corrected chi connectivity index (χ1v) is 15.2. The van der Waals surface area contributed by atoms with Crippen LogP contribution in [0.1, 0.15) is 23.6 Å². The number of halogens is 1. The van der Waals surface area contributed by atoms with Crippen LogP contribution >= 0.6 is 34.4 Å². The fourth-order valence-corrected chi connectivity index (χ4v) is 6.65. The van der Waals surface area contributed by atoms with Crippen molar-refractivity contribution < 1.29 is 19.1 Å². The summed E-state index contributed by atoms with van der Waals surface area (Å²) in [7, 11) is 0. The van der Waals surface area contributed by atoms with Crippen LogP contribution in [0.3, 0.4) is 0 Å². The summed E-state index contributed by atoms with van der Waals surface area (Å²) in [5, 5.41) is 4.15. The Morgan fingerprint density at radius 3 is 2.15 bits per heavy atom. The van der Waals surface area contributed by atoms with E-state index in [1.54, 1.807) is 6.08 Å². The van der Waals surface area contributed by atoms with Gasteiger partial charge in [-0.25, -0.2) is 0 Å². The lowest BCUT2D eigenvalue weighted by molar-refractivity contribution is -0.123. The third-order valence-electron chi connectivity index (χ3n) is 6.96. The van der Waals surface area contributed by atoms with E-state index in [1.165, 1.54) is 4.90 Å². The molecule has 0 aliphatic carbocycles. The highest BCUT2D eigenvalue weighted by atomic mass is 127. The van der Waals surface area contributed by atoms with Crippen LogP contribution in [0, 0.1) is 3.57 Å². The standard InChI is InChI=1S/C34H26INO4S/c1-2-39-30-18-22(17-29(35)32(30)40-21-26-14-8-12-24-10-4-6-16-28(24)26)19-31-33(37)36(34(38)41-31)20-25-13-7-11-23-9-3-5-15-27(23)25/h3-19H,2,20-21H2,1H3/b31-19+. The first-order valence-electron chi connectivity index (χ1n) is 13.3. The van der Waals surface area contributed by atoms with Gasteiger partial charge in [-0.05, 0) is 97.7 Å². The zero-order chi connectivity index (χ0) is 28.3. The third-order valence-corrected chi connectivity index (χ3v) is 8.67. The molecule has 1 aliphatic heterocycles. The molecule has 5 aromatic rings. The molecule has 7 heteroatoms. The molecule has 0 aromatic heterocycles. The van der Waals surface area contributed by atoms with Crippen LogP contribution in [0.25, 0.3) is 27.6 Å². The Balaban J connectivity index is 1.25. The average molecular weight is 672 g/mol. The molecule has 0 radical (unpaired) electrons. The molecule has 1 aliphatic rings. The molecule has 0 bridgehead atoms. The minimum Gasteiger partial charge on any atom is -0.490 e. The van der Waals surface area contributed by atoms with Gasteiger partial charge in [0.15, 0.2) is 11.5 Å². The van der Waals surface area contributed by atoms with Crippen molar-refractivity contribution in [1.29, 1.82) is 0 Å². The second-order valence-electron chi connectivity index (χ2n) is 9.60. The summed E-state index contributed by atoms with van der Waals surface area (Å²) in [6.45, 7) is 3.01. The molecule has 41 heavy (non-hydrogen) atoms. The molecule has 1 fully saturated rings. The zero-order valence-corrected chi connectivity index (χ0v) is 25.3. The number of rotatable bonds is 8. The SMILES string of the molecule is CCOc1cc(/C=C2/SC(=O)N(Cc3cccc4ccccc34)C2=O)cc(I)c1OCc1cccc2ccccc12. The summed E-state index contributed by atoms with van der Waals surface area (Å²) in [4.78, 5) is 28.0. The monoisotopic (exact) mass is 671 g/mol. The molecule has 0 unspecified atom stereocenters. The molecule has 5 aromatic carbocycles. The van der Waals surface area contributed by atoms with Gasteiger partial charge >= 0.3 is 0 Å². The van der Waals surface area contributed by atoms with Crippen LogP contribution in [0.2, 0.25) is 0 Å². The summed E-state index contributed by atoms with van der Waals surface area (Å²) in [6, 6.07) is 32.2. The molecule has 5 nitrogen and oxygen atoms in total. The molecule has 1 heterocycles. The molecular formula is C34H26INO4S. The number of nitrogens with zero attached hydrogens (tertiary/aromatic N) is 1. The normalized spacial score (nSPS) is 14.4. The number of carbonyl (C=O) groups is 2. The maximum Gasteiger partial charge on any atom is 0.293 e. The largest absolute Gasteiger partial charge is 0.490 e. The number of hydrogen-bond acceptors (Lipinski definition) is 5. The van der Waals surface area contributed by atoms with E-state index in [1.807, 2.05) is 79.7 Å². The van der Waals surface area contributed by atoms with Crippen LogP contribution in [-0.2, 0) is 17.9 Å². The fourth-order valence-electron chi connectivity index (χ4n) is 5.03. The van der Waals surface area contributed by atoms with Crippen LogP contribution in [0.15, 0.2) is 102 Å². The van der Waals surface area contributed by atoms with Gasteiger partial charge in [-0.15, -0.1) is 0 Å². The number of thioether (sulfide) groups is 1. The summed E-state index contributed by atoms with van der Waals surface area (Å²) >= 11 is 3.19. The van der Waals surface area contributed by atoms with Crippen molar-refractivity contribution in [2.75, 3.05) is 6.61 Å². The highest BCUT2D eigenvalue weighted by Crippen LogP contribution is 2.39. The molecule has 2 amide bonds. The van der Waals surface area contributed by atoms with Crippen molar-refractivity contribution in [3.63, 3.8) is 0 Å². The number of fused-ring (bicyclic) bond motifs is 2. The summed E-state index contributed by atoms with van der Waals surface area (Å²) in [6.07, 6.45) is 1.76. The molecule has 0 spiro atoms. The quantitative estimate of drug-likeness (QED) is 0.122. The number of ether oxygens (including phenoxy) is 2. The molecular weight excluding hydrogens is 645 g/mol. The van der Waals surface area contributed by atoms with Gasteiger partial charge in [0.1, 0.15) is 6.61 Å². The van der Waals surface area contributed by atoms with Crippen molar-refractivity contribution in [3.05, 3.63) is 122 Å². The molecule has 0 N–H and O–H groups in total. The van der Waals surface area contributed by atoms with Gasteiger partial charge in [0.2, 0.25) is 0 Å². The Hall–Kier alpha value is -3.82. The maximum atomic E-state index is 13.3. The van der Waals surface area contributed by atoms with Crippen molar-refractivity contribution in [2.45, 2.75) is 20.1 Å². The van der Waals surface area contributed by atoms with Crippen molar-refractivity contribution in [2.24, 2.45) is 0 Å². The van der Waals surface area contributed by atoms with E-state index in [-0.39, 0.29) is 17.7 Å². The van der Waals surface area contributed by atoms with Crippen LogP contribution in [0.5, 0.6) is 11.5 Å². The van der Waals surface area contributed by atoms with Crippen molar-refractivity contribution >= 4 is 73.1 Å². The van der Waals surface area contributed by atoms with E-state index in [9.17, 15) is 9.59 Å². The van der Waals surface area contributed by atoms with Gasteiger partial charge in [0.25, 0.3) is 11.1 Å². The molecule has 6 rings (SSSR count). The van der Waals surface area contributed by atoms with Gasteiger partial charge in [0, 0.05) is 0 Å². The predicted octanol–water partition coefficient (Wildman–Crippen LogP) is 8.81. The first kappa shape index (κ1) is 27.4. The molecule has 204 valence electrons. The van der Waals surface area contributed by atoms with Crippen LogP contribution in [0.4, 0.5) is 4.79 Å². The minimum absolute atomic E-state index is 0.228. The smallest absolute Gasteiger partial charge is 0.293 e. The molecule has 1 saturated heterocycles. The number of hydrogen-bond donors (Lipinski definition) is 0. The second kappa shape index (κ2) is 12.0. The number of amides is 2. The Morgan fingerprint density at radius 2 is 1.44 bits per heavy atom. The second-order valence-corrected chi connectivity index (χ2v) is 11.8. The van der Waals surface area contributed by atoms with Crippen molar-refractivity contribution in [1.82, 2.24) is 4.90 Å². The van der Waals surface area contributed by atoms with E-state index in [2.05, 4.69) is 46.9 Å². The molecule has 0 atom stereocenters. The Morgan fingerprint density at radius 1 is 0.805 bits per heavy atom. The average Bonchev–Trinajstić information content (AvgIpc) is 3.24. The fraction of sp³-hybridized carbons (Fsp3) is 0.118. The summed E-state index contributed by atoms with van der Waals surface area (Å²) in [5.41, 5.74) is 2.80. The van der Waals surface area contributed by atoms with E-state index < -0.39 is 0 Å². The van der Waals surface area contributed by atoms with Gasteiger partial charge in [0.05, 0.1) is 21.6 Å². The van der Waals surface area contributed by atoms with Crippen LogP contribution in [-0.4, -0.2) is 22.7 Å². The van der Waals surface area contributed by atoms with E-state index in [4.69, 9.17) is 9.47 Å². The lowest BCUT2D eigenvalue weighted by Crippen LogP contribution is -2.27. The summed E-state index contributed by atoms with van der Waals surface area (Å²) < 4.78 is 13.1. The Kier molecular flexibility index (Phi) is 7.98. The lowest BCUT2D eigenvalue weighted by atomic mass is 10.0. The Labute approximate surface area is 256 Å².